The van der Waals surface area contributed by atoms with Crippen LogP contribution in [0.25, 0.3) is 0 Å². The van der Waals surface area contributed by atoms with Crippen LogP contribution in [0.5, 0.6) is 0 Å². The minimum Gasteiger partial charge on any atom is -0.352 e. The van der Waals surface area contributed by atoms with E-state index in [1.807, 2.05) is 44.2 Å². The van der Waals surface area contributed by atoms with E-state index in [9.17, 15) is 26.4 Å². The second-order valence-corrected chi connectivity index (χ2v) is 10.7. The van der Waals surface area contributed by atoms with Crippen LogP contribution in [0.3, 0.4) is 0 Å². The summed E-state index contributed by atoms with van der Waals surface area (Å²) >= 11 is 5.62. The zero-order valence-corrected chi connectivity index (χ0v) is 19.8. The average molecular weight is 491 g/mol. The van der Waals surface area contributed by atoms with Gasteiger partial charge in [-0.05, 0) is 42.5 Å². The molecule has 0 aliphatic heterocycles. The van der Waals surface area contributed by atoms with Gasteiger partial charge in [0.15, 0.2) is 0 Å². The number of amides is 1. The molecule has 0 saturated carbocycles. The van der Waals surface area contributed by atoms with Crippen LogP contribution in [0.2, 0.25) is 5.02 Å². The highest BCUT2D eigenvalue weighted by molar-refractivity contribution is 7.92. The van der Waals surface area contributed by atoms with Crippen LogP contribution in [0, 0.1) is 0 Å². The molecule has 32 heavy (non-hydrogen) atoms. The van der Waals surface area contributed by atoms with Crippen LogP contribution < -0.4 is 9.62 Å². The predicted molar refractivity (Wildman–Crippen MR) is 120 cm³/mol. The number of hydrogen-bond donors (Lipinski definition) is 1. The predicted octanol–water partition coefficient (Wildman–Crippen LogP) is 5.00. The number of nitrogens with zero attached hydrogens (tertiary/aromatic N) is 1. The van der Waals surface area contributed by atoms with Crippen LogP contribution in [-0.2, 0) is 26.4 Å². The van der Waals surface area contributed by atoms with Crippen molar-refractivity contribution in [3.63, 3.8) is 0 Å². The molecule has 0 bridgehead atoms. The quantitative estimate of drug-likeness (QED) is 0.566. The summed E-state index contributed by atoms with van der Waals surface area (Å²) in [4.78, 5) is 12.6. The fourth-order valence-electron chi connectivity index (χ4n) is 3.56. The SMILES string of the molecule is CC(CC(C)(C)c1ccccc1)NC(=O)CN(c1ccc(Cl)c(C(F)(F)F)c1)S(C)(=O)=O. The van der Waals surface area contributed by atoms with Gasteiger partial charge in [-0.15, -0.1) is 0 Å². The molecular weight excluding hydrogens is 465 g/mol. The Kier molecular flexibility index (Phi) is 7.88. The highest BCUT2D eigenvalue weighted by Crippen LogP contribution is 2.37. The summed E-state index contributed by atoms with van der Waals surface area (Å²) in [5, 5.41) is 2.18. The van der Waals surface area contributed by atoms with Crippen LogP contribution in [0.15, 0.2) is 48.5 Å². The molecule has 1 atom stereocenters. The van der Waals surface area contributed by atoms with Crippen LogP contribution in [-0.4, -0.2) is 33.2 Å². The van der Waals surface area contributed by atoms with Crippen molar-refractivity contribution in [2.45, 2.75) is 44.8 Å². The number of hydrogen-bond acceptors (Lipinski definition) is 3. The molecule has 0 heterocycles. The van der Waals surface area contributed by atoms with Gasteiger partial charge >= 0.3 is 6.18 Å². The summed E-state index contributed by atoms with van der Waals surface area (Å²) in [5.74, 6) is -0.629. The normalized spacial score (nSPS) is 13.5. The molecule has 0 aromatic heterocycles. The Hall–Kier alpha value is -2.26. The van der Waals surface area contributed by atoms with Gasteiger partial charge in [0.1, 0.15) is 6.54 Å². The average Bonchev–Trinajstić information content (AvgIpc) is 2.65. The van der Waals surface area contributed by atoms with Crippen LogP contribution >= 0.6 is 11.6 Å². The number of benzene rings is 2. The van der Waals surface area contributed by atoms with Gasteiger partial charge in [-0.25, -0.2) is 8.42 Å². The molecule has 0 radical (unpaired) electrons. The first-order valence-electron chi connectivity index (χ1n) is 9.80. The van der Waals surface area contributed by atoms with Gasteiger partial charge in [0.25, 0.3) is 0 Å². The zero-order valence-electron chi connectivity index (χ0n) is 18.2. The fourth-order valence-corrected chi connectivity index (χ4v) is 4.63. The van der Waals surface area contributed by atoms with E-state index in [1.165, 1.54) is 0 Å². The molecule has 2 aromatic carbocycles. The molecule has 0 aliphatic rings. The van der Waals surface area contributed by atoms with E-state index in [4.69, 9.17) is 11.6 Å². The molecule has 10 heteroatoms. The summed E-state index contributed by atoms with van der Waals surface area (Å²) in [5.41, 5.74) is -0.650. The maximum absolute atomic E-state index is 13.2. The van der Waals surface area contributed by atoms with E-state index in [-0.39, 0.29) is 17.1 Å². The number of halogens is 4. The van der Waals surface area contributed by atoms with E-state index in [0.29, 0.717) is 16.8 Å². The Balaban J connectivity index is 2.18. The molecular formula is C22H26ClF3N2O3S. The lowest BCUT2D eigenvalue weighted by molar-refractivity contribution is -0.137. The van der Waals surface area contributed by atoms with Gasteiger partial charge < -0.3 is 5.32 Å². The van der Waals surface area contributed by atoms with Crippen molar-refractivity contribution in [2.24, 2.45) is 0 Å². The number of sulfonamides is 1. The van der Waals surface area contributed by atoms with Crippen molar-refractivity contribution in [3.8, 4) is 0 Å². The van der Waals surface area contributed by atoms with Crippen molar-refractivity contribution >= 4 is 33.2 Å². The molecule has 1 N–H and O–H groups in total. The molecule has 0 fully saturated rings. The molecule has 5 nitrogen and oxygen atoms in total. The van der Waals surface area contributed by atoms with Crippen molar-refractivity contribution in [1.82, 2.24) is 5.32 Å². The molecule has 176 valence electrons. The number of nitrogens with one attached hydrogen (secondary N) is 1. The third-order valence-corrected chi connectivity index (χ3v) is 6.48. The maximum atomic E-state index is 13.2. The van der Waals surface area contributed by atoms with Crippen LogP contribution in [0.1, 0.15) is 38.3 Å². The van der Waals surface area contributed by atoms with Gasteiger partial charge in [0, 0.05) is 6.04 Å². The minimum atomic E-state index is -4.77. The summed E-state index contributed by atoms with van der Waals surface area (Å²) < 4.78 is 64.7. The van der Waals surface area contributed by atoms with Gasteiger partial charge in [0.2, 0.25) is 15.9 Å². The highest BCUT2D eigenvalue weighted by atomic mass is 35.5. The molecule has 2 rings (SSSR count). The maximum Gasteiger partial charge on any atom is 0.417 e. The highest BCUT2D eigenvalue weighted by Gasteiger charge is 2.35. The lowest BCUT2D eigenvalue weighted by Gasteiger charge is -2.30. The standard InChI is InChI=1S/C22H26ClF3N2O3S/c1-15(13-21(2,3)16-8-6-5-7-9-16)27-20(29)14-28(32(4,30)31)17-10-11-19(23)18(12-17)22(24,25)26/h5-12,15H,13-14H2,1-4H3,(H,27,29). The van der Waals surface area contributed by atoms with Crippen molar-refractivity contribution < 1.29 is 26.4 Å². The largest absolute Gasteiger partial charge is 0.417 e. The molecule has 1 amide bonds. The van der Waals surface area contributed by atoms with E-state index >= 15 is 0 Å². The Morgan fingerprint density at radius 1 is 1.12 bits per heavy atom. The summed E-state index contributed by atoms with van der Waals surface area (Å²) in [7, 11) is -4.04. The first-order valence-corrected chi connectivity index (χ1v) is 12.0. The summed E-state index contributed by atoms with van der Waals surface area (Å²) in [6.45, 7) is 5.19. The number of carbonyl (C=O) groups excluding carboxylic acids is 1. The topological polar surface area (TPSA) is 66.5 Å². The van der Waals surface area contributed by atoms with Crippen molar-refractivity contribution in [1.29, 1.82) is 0 Å². The Bertz CT molecular complexity index is 1060. The zero-order chi connectivity index (χ0) is 24.3. The van der Waals surface area contributed by atoms with Gasteiger partial charge in [-0.1, -0.05) is 55.8 Å². The summed E-state index contributed by atoms with van der Waals surface area (Å²) in [6, 6.07) is 12.1. The van der Waals surface area contributed by atoms with E-state index in [2.05, 4.69) is 5.32 Å². The Morgan fingerprint density at radius 3 is 2.25 bits per heavy atom. The lowest BCUT2D eigenvalue weighted by atomic mass is 9.79. The number of carbonyl (C=O) groups is 1. The monoisotopic (exact) mass is 490 g/mol. The number of anilines is 1. The van der Waals surface area contributed by atoms with Crippen molar-refractivity contribution in [3.05, 3.63) is 64.7 Å². The van der Waals surface area contributed by atoms with Gasteiger partial charge in [-0.2, -0.15) is 13.2 Å². The molecule has 0 aliphatic carbocycles. The van der Waals surface area contributed by atoms with Crippen LogP contribution in [0.4, 0.5) is 18.9 Å². The molecule has 1 unspecified atom stereocenters. The van der Waals surface area contributed by atoms with Gasteiger partial charge in [0.05, 0.1) is 22.5 Å². The second kappa shape index (κ2) is 9.70. The first-order chi connectivity index (χ1) is 14.6. The number of alkyl halides is 3. The molecule has 0 spiro atoms. The molecule has 0 saturated heterocycles. The molecule has 2 aromatic rings. The first kappa shape index (κ1) is 26.0. The summed E-state index contributed by atoms with van der Waals surface area (Å²) in [6.07, 6.45) is -3.37. The van der Waals surface area contributed by atoms with E-state index in [0.717, 1.165) is 24.0 Å². The van der Waals surface area contributed by atoms with E-state index < -0.39 is 39.2 Å². The fraction of sp³-hybridized carbons (Fsp3) is 0.409. The minimum absolute atomic E-state index is 0.262. The smallest absolute Gasteiger partial charge is 0.352 e. The van der Waals surface area contributed by atoms with E-state index in [1.54, 1.807) is 6.92 Å². The van der Waals surface area contributed by atoms with Gasteiger partial charge in [-0.3, -0.25) is 9.10 Å². The second-order valence-electron chi connectivity index (χ2n) is 8.35. The number of rotatable bonds is 8. The lowest BCUT2D eigenvalue weighted by Crippen LogP contribution is -2.44. The Labute approximate surface area is 191 Å². The Morgan fingerprint density at radius 2 is 1.72 bits per heavy atom. The third kappa shape index (κ3) is 6.87. The van der Waals surface area contributed by atoms with Crippen molar-refractivity contribution in [2.75, 3.05) is 17.1 Å². The third-order valence-electron chi connectivity index (χ3n) is 5.01.